The Balaban J connectivity index is 1.42. The first-order chi connectivity index (χ1) is 19.3. The van der Waals surface area contributed by atoms with E-state index in [1.165, 1.54) is 38.9 Å². The van der Waals surface area contributed by atoms with Crippen LogP contribution in [0.2, 0.25) is 0 Å². The Hall–Kier alpha value is -3.92. The van der Waals surface area contributed by atoms with E-state index in [1.54, 1.807) is 0 Å². The number of benzene rings is 5. The first-order valence-corrected chi connectivity index (χ1v) is 14.1. The van der Waals surface area contributed by atoms with E-state index in [4.69, 9.17) is 9.31 Å². The standard InChI is InChI=1S/C37H33BO2/c1-35(2)36(3,4)40-38(39-35)30-19-13-14-26(24-30)27-22-23-32-31-20-11-12-21-33(31)37(34(32)25-27,28-15-7-5-8-16-28)29-17-9-6-10-18-29/h5-25H,1-4H3. The molecule has 2 aliphatic rings. The summed E-state index contributed by atoms with van der Waals surface area (Å²) in [5.74, 6) is 0. The molecule has 2 nitrogen and oxygen atoms in total. The van der Waals surface area contributed by atoms with Crippen molar-refractivity contribution in [2.45, 2.75) is 44.3 Å². The molecule has 0 spiro atoms. The Kier molecular flexibility index (Phi) is 5.68. The minimum atomic E-state index is -0.409. The van der Waals surface area contributed by atoms with Gasteiger partial charge in [0.15, 0.2) is 0 Å². The van der Waals surface area contributed by atoms with Crippen molar-refractivity contribution in [1.82, 2.24) is 0 Å². The van der Waals surface area contributed by atoms with Crippen molar-refractivity contribution in [2.75, 3.05) is 0 Å². The maximum atomic E-state index is 6.38. The molecule has 1 aliphatic carbocycles. The second-order valence-corrected chi connectivity index (χ2v) is 12.0. The summed E-state index contributed by atoms with van der Waals surface area (Å²) in [5.41, 5.74) is 9.97. The molecule has 0 saturated carbocycles. The molecule has 1 heterocycles. The van der Waals surface area contributed by atoms with Gasteiger partial charge in [0.2, 0.25) is 0 Å². The summed E-state index contributed by atoms with van der Waals surface area (Å²) in [6, 6.07) is 46.3. The highest BCUT2D eigenvalue weighted by atomic mass is 16.7. The number of hydrogen-bond donors (Lipinski definition) is 0. The highest BCUT2D eigenvalue weighted by Gasteiger charge is 2.52. The maximum Gasteiger partial charge on any atom is 0.494 e. The number of fused-ring (bicyclic) bond motifs is 3. The van der Waals surface area contributed by atoms with E-state index in [-0.39, 0.29) is 11.2 Å². The molecule has 0 amide bonds. The van der Waals surface area contributed by atoms with Gasteiger partial charge in [0.25, 0.3) is 0 Å². The Bertz CT molecular complexity index is 1650. The predicted octanol–water partition coefficient (Wildman–Crippen LogP) is 8.02. The fourth-order valence-electron chi connectivity index (χ4n) is 6.47. The molecule has 196 valence electrons. The molecule has 0 unspecified atom stereocenters. The molecule has 5 aromatic rings. The second-order valence-electron chi connectivity index (χ2n) is 12.0. The van der Waals surface area contributed by atoms with Crippen molar-refractivity contribution in [3.05, 3.63) is 150 Å². The van der Waals surface area contributed by atoms with E-state index < -0.39 is 12.5 Å². The smallest absolute Gasteiger partial charge is 0.399 e. The Morgan fingerprint density at radius 3 is 1.68 bits per heavy atom. The summed E-state index contributed by atoms with van der Waals surface area (Å²) in [4.78, 5) is 0. The van der Waals surface area contributed by atoms with Crippen LogP contribution in [0.25, 0.3) is 22.3 Å². The maximum absolute atomic E-state index is 6.38. The van der Waals surface area contributed by atoms with Gasteiger partial charge in [-0.15, -0.1) is 0 Å². The summed E-state index contributed by atoms with van der Waals surface area (Å²) < 4.78 is 12.8. The van der Waals surface area contributed by atoms with Crippen LogP contribution >= 0.6 is 0 Å². The second kappa shape index (κ2) is 9.06. The summed E-state index contributed by atoms with van der Waals surface area (Å²) in [7, 11) is -0.392. The largest absolute Gasteiger partial charge is 0.494 e. The van der Waals surface area contributed by atoms with Gasteiger partial charge in [-0.25, -0.2) is 0 Å². The molecule has 1 saturated heterocycles. The van der Waals surface area contributed by atoms with Crippen LogP contribution in [0.3, 0.4) is 0 Å². The Morgan fingerprint density at radius 2 is 1.02 bits per heavy atom. The molecule has 0 N–H and O–H groups in total. The number of rotatable bonds is 4. The lowest BCUT2D eigenvalue weighted by Gasteiger charge is -2.34. The molecule has 5 aromatic carbocycles. The van der Waals surface area contributed by atoms with Gasteiger partial charge in [-0.05, 0) is 83.7 Å². The van der Waals surface area contributed by atoms with Crippen molar-refractivity contribution in [1.29, 1.82) is 0 Å². The lowest BCUT2D eigenvalue weighted by Crippen LogP contribution is -2.41. The van der Waals surface area contributed by atoms with Crippen LogP contribution in [-0.4, -0.2) is 18.3 Å². The summed E-state index contributed by atoms with van der Waals surface area (Å²) in [6.45, 7) is 8.40. The van der Waals surface area contributed by atoms with Crippen molar-refractivity contribution < 1.29 is 9.31 Å². The van der Waals surface area contributed by atoms with E-state index in [9.17, 15) is 0 Å². The van der Waals surface area contributed by atoms with Crippen LogP contribution in [-0.2, 0) is 14.7 Å². The highest BCUT2D eigenvalue weighted by Crippen LogP contribution is 2.56. The monoisotopic (exact) mass is 520 g/mol. The van der Waals surface area contributed by atoms with Crippen molar-refractivity contribution in [3.63, 3.8) is 0 Å². The Labute approximate surface area is 237 Å². The van der Waals surface area contributed by atoms with Crippen LogP contribution in [0.1, 0.15) is 49.9 Å². The highest BCUT2D eigenvalue weighted by molar-refractivity contribution is 6.62. The molecule has 1 fully saturated rings. The summed E-state index contributed by atoms with van der Waals surface area (Å²) in [5, 5.41) is 0. The van der Waals surface area contributed by atoms with Gasteiger partial charge in [-0.1, -0.05) is 121 Å². The third-order valence-electron chi connectivity index (χ3n) is 9.20. The number of hydrogen-bond acceptors (Lipinski definition) is 2. The third-order valence-corrected chi connectivity index (χ3v) is 9.20. The van der Waals surface area contributed by atoms with Crippen molar-refractivity contribution >= 4 is 12.6 Å². The zero-order valence-corrected chi connectivity index (χ0v) is 23.5. The average molecular weight is 520 g/mol. The van der Waals surface area contributed by atoms with Gasteiger partial charge in [0.1, 0.15) is 0 Å². The third kappa shape index (κ3) is 3.65. The van der Waals surface area contributed by atoms with E-state index in [0.717, 1.165) is 11.0 Å². The molecule has 7 rings (SSSR count). The fraction of sp³-hybridized carbons (Fsp3) is 0.189. The molecule has 0 bridgehead atoms. The first kappa shape index (κ1) is 25.1. The zero-order chi connectivity index (χ0) is 27.5. The first-order valence-electron chi connectivity index (χ1n) is 14.1. The SMILES string of the molecule is CC1(C)OB(c2cccc(-c3ccc4c(c3)C(c3ccccc3)(c3ccccc3)c3ccccc3-4)c2)OC1(C)C. The van der Waals surface area contributed by atoms with Gasteiger partial charge >= 0.3 is 7.12 Å². The molecule has 0 atom stereocenters. The predicted molar refractivity (Wildman–Crippen MR) is 165 cm³/mol. The molecule has 1 aliphatic heterocycles. The van der Waals surface area contributed by atoms with E-state index in [1.807, 2.05) is 0 Å². The molecular weight excluding hydrogens is 487 g/mol. The molecule has 3 heteroatoms. The summed E-state index contributed by atoms with van der Waals surface area (Å²) >= 11 is 0. The van der Waals surface area contributed by atoms with Crippen LogP contribution in [0.15, 0.2) is 127 Å². The van der Waals surface area contributed by atoms with E-state index >= 15 is 0 Å². The van der Waals surface area contributed by atoms with Gasteiger partial charge in [-0.3, -0.25) is 0 Å². The lowest BCUT2D eigenvalue weighted by atomic mass is 9.67. The van der Waals surface area contributed by atoms with Crippen LogP contribution in [0.4, 0.5) is 0 Å². The topological polar surface area (TPSA) is 18.5 Å². The van der Waals surface area contributed by atoms with Gasteiger partial charge in [0, 0.05) is 0 Å². The minimum absolute atomic E-state index is 0.377. The molecule has 0 aromatic heterocycles. The Morgan fingerprint density at radius 1 is 0.475 bits per heavy atom. The van der Waals surface area contributed by atoms with Crippen molar-refractivity contribution in [3.8, 4) is 22.3 Å². The van der Waals surface area contributed by atoms with Crippen LogP contribution in [0.5, 0.6) is 0 Å². The van der Waals surface area contributed by atoms with E-state index in [2.05, 4.69) is 155 Å². The van der Waals surface area contributed by atoms with Gasteiger partial charge in [-0.2, -0.15) is 0 Å². The van der Waals surface area contributed by atoms with Crippen LogP contribution in [0, 0.1) is 0 Å². The minimum Gasteiger partial charge on any atom is -0.399 e. The quantitative estimate of drug-likeness (QED) is 0.219. The van der Waals surface area contributed by atoms with Gasteiger partial charge < -0.3 is 9.31 Å². The molecular formula is C37H33BO2. The fourth-order valence-corrected chi connectivity index (χ4v) is 6.47. The van der Waals surface area contributed by atoms with Crippen LogP contribution < -0.4 is 5.46 Å². The average Bonchev–Trinajstić information content (AvgIpc) is 3.40. The lowest BCUT2D eigenvalue weighted by molar-refractivity contribution is 0.00578. The van der Waals surface area contributed by atoms with Crippen molar-refractivity contribution in [2.24, 2.45) is 0 Å². The van der Waals surface area contributed by atoms with E-state index in [0.29, 0.717) is 0 Å². The molecule has 0 radical (unpaired) electrons. The summed E-state index contributed by atoms with van der Waals surface area (Å²) in [6.07, 6.45) is 0. The van der Waals surface area contributed by atoms with Gasteiger partial charge in [0.05, 0.1) is 16.6 Å². The molecule has 40 heavy (non-hydrogen) atoms. The zero-order valence-electron chi connectivity index (χ0n) is 23.5. The normalized spacial score (nSPS) is 17.9.